The van der Waals surface area contributed by atoms with E-state index in [1.807, 2.05) is 0 Å². The first-order valence-electron chi connectivity index (χ1n) is 6.30. The molecule has 0 saturated heterocycles. The van der Waals surface area contributed by atoms with Gasteiger partial charge in [-0.05, 0) is 18.1 Å². The predicted octanol–water partition coefficient (Wildman–Crippen LogP) is -0.335. The third kappa shape index (κ3) is 6.67. The molecule has 0 fully saturated rings. The summed E-state index contributed by atoms with van der Waals surface area (Å²) >= 11 is 4.98. The van der Waals surface area contributed by atoms with Gasteiger partial charge in [-0.3, -0.25) is 4.79 Å². The van der Waals surface area contributed by atoms with Crippen LogP contribution in [0.15, 0.2) is 0 Å². The number of rotatable bonds is 8. The van der Waals surface area contributed by atoms with Gasteiger partial charge in [0.1, 0.15) is 6.04 Å². The highest BCUT2D eigenvalue weighted by Gasteiger charge is 2.29. The van der Waals surface area contributed by atoms with Crippen LogP contribution in [0.2, 0.25) is 0 Å². The van der Waals surface area contributed by atoms with E-state index in [9.17, 15) is 9.59 Å². The van der Waals surface area contributed by atoms with Crippen molar-refractivity contribution >= 4 is 29.2 Å². The van der Waals surface area contributed by atoms with Crippen LogP contribution in [0.1, 0.15) is 13.8 Å². The van der Waals surface area contributed by atoms with Gasteiger partial charge in [-0.1, -0.05) is 13.8 Å². The van der Waals surface area contributed by atoms with Gasteiger partial charge in [0.05, 0.1) is 13.2 Å². The second-order valence-electron chi connectivity index (χ2n) is 4.63. The molecular formula is C12H23N3O4S. The van der Waals surface area contributed by atoms with Crippen LogP contribution in [0.25, 0.3) is 0 Å². The summed E-state index contributed by atoms with van der Waals surface area (Å²) in [6.45, 7) is 4.51. The van der Waals surface area contributed by atoms with E-state index in [-0.39, 0.29) is 18.4 Å². The molecule has 0 aliphatic carbocycles. The van der Waals surface area contributed by atoms with Gasteiger partial charge in [-0.2, -0.15) is 0 Å². The lowest BCUT2D eigenvalue weighted by Crippen LogP contribution is -2.50. The highest BCUT2D eigenvalue weighted by molar-refractivity contribution is 7.80. The number of carboxylic acid groups (broad SMARTS) is 1. The normalized spacial score (nSPS) is 11.8. The number of amides is 1. The predicted molar refractivity (Wildman–Crippen MR) is 79.5 cm³/mol. The summed E-state index contributed by atoms with van der Waals surface area (Å²) in [6, 6.07) is -0.848. The van der Waals surface area contributed by atoms with Gasteiger partial charge in [0.15, 0.2) is 5.11 Å². The number of likely N-dealkylation sites (N-methyl/N-ethyl adjacent to an activating group) is 1. The van der Waals surface area contributed by atoms with Crippen molar-refractivity contribution in [1.29, 1.82) is 0 Å². The molecule has 0 spiro atoms. The number of aliphatic carboxylic acids is 1. The molecule has 0 radical (unpaired) electrons. The van der Waals surface area contributed by atoms with Gasteiger partial charge in [-0.25, -0.2) is 4.79 Å². The minimum atomic E-state index is -1.02. The highest BCUT2D eigenvalue weighted by atomic mass is 32.1. The Kier molecular flexibility index (Phi) is 8.82. The van der Waals surface area contributed by atoms with Crippen molar-refractivity contribution in [2.75, 3.05) is 33.9 Å². The van der Waals surface area contributed by atoms with Crippen molar-refractivity contribution in [1.82, 2.24) is 15.5 Å². The third-order valence-corrected chi connectivity index (χ3v) is 2.98. The Hall–Kier alpha value is -1.41. The minimum Gasteiger partial charge on any atom is -0.480 e. The zero-order chi connectivity index (χ0) is 15.7. The van der Waals surface area contributed by atoms with Crippen LogP contribution in [0, 0.1) is 5.92 Å². The van der Waals surface area contributed by atoms with E-state index in [4.69, 9.17) is 22.1 Å². The summed E-state index contributed by atoms with van der Waals surface area (Å²) in [5, 5.41) is 15.0. The molecule has 20 heavy (non-hydrogen) atoms. The smallest absolute Gasteiger partial charge is 0.326 e. The molecule has 0 aliphatic heterocycles. The summed E-state index contributed by atoms with van der Waals surface area (Å²) in [4.78, 5) is 24.3. The lowest BCUT2D eigenvalue weighted by molar-refractivity contribution is -0.150. The Morgan fingerprint density at radius 3 is 2.40 bits per heavy atom. The number of carbonyl (C=O) groups excluding carboxylic acids is 1. The van der Waals surface area contributed by atoms with Crippen molar-refractivity contribution < 1.29 is 19.4 Å². The largest absolute Gasteiger partial charge is 0.480 e. The topological polar surface area (TPSA) is 90.9 Å². The third-order valence-electron chi connectivity index (χ3n) is 2.69. The molecule has 0 aromatic rings. The maximum atomic E-state index is 11.9. The van der Waals surface area contributed by atoms with E-state index in [0.717, 1.165) is 0 Å². The first kappa shape index (κ1) is 18.6. The molecule has 0 bridgehead atoms. The van der Waals surface area contributed by atoms with Crippen LogP contribution in [0.5, 0.6) is 0 Å². The Balaban J connectivity index is 4.25. The van der Waals surface area contributed by atoms with E-state index < -0.39 is 12.0 Å². The van der Waals surface area contributed by atoms with E-state index in [1.54, 1.807) is 21.0 Å². The van der Waals surface area contributed by atoms with Crippen molar-refractivity contribution in [3.05, 3.63) is 0 Å². The number of methoxy groups -OCH3 is 1. The van der Waals surface area contributed by atoms with Crippen LogP contribution in [0.3, 0.4) is 0 Å². The standard InChI is InChI=1S/C12H23N3O4S/c1-8(2)10(11(17)18)15(3)9(16)7-14-12(20)13-5-6-19-4/h8,10H,5-7H2,1-4H3,(H,17,18)(H2,13,14,20). The molecule has 1 unspecified atom stereocenters. The lowest BCUT2D eigenvalue weighted by atomic mass is 10.0. The van der Waals surface area contributed by atoms with Crippen molar-refractivity contribution in [3.8, 4) is 0 Å². The fourth-order valence-corrected chi connectivity index (χ4v) is 1.84. The number of thiocarbonyl (C=S) groups is 1. The molecule has 8 heteroatoms. The summed E-state index contributed by atoms with van der Waals surface area (Å²) in [6.07, 6.45) is 0. The molecule has 0 rings (SSSR count). The molecule has 0 aromatic carbocycles. The first-order valence-corrected chi connectivity index (χ1v) is 6.71. The fourth-order valence-electron chi connectivity index (χ4n) is 1.66. The molecule has 116 valence electrons. The molecule has 3 N–H and O–H groups in total. The second-order valence-corrected chi connectivity index (χ2v) is 5.04. The Morgan fingerprint density at radius 1 is 1.35 bits per heavy atom. The van der Waals surface area contributed by atoms with E-state index in [1.165, 1.54) is 11.9 Å². The maximum Gasteiger partial charge on any atom is 0.326 e. The van der Waals surface area contributed by atoms with Gasteiger partial charge in [-0.15, -0.1) is 0 Å². The maximum absolute atomic E-state index is 11.9. The SMILES string of the molecule is COCCNC(=S)NCC(=O)N(C)C(C(=O)O)C(C)C. The van der Waals surface area contributed by atoms with Crippen molar-refractivity contribution in [3.63, 3.8) is 0 Å². The average Bonchev–Trinajstić information content (AvgIpc) is 2.35. The van der Waals surface area contributed by atoms with Gasteiger partial charge < -0.3 is 25.4 Å². The number of nitrogens with one attached hydrogen (secondary N) is 2. The quantitative estimate of drug-likeness (QED) is 0.417. The monoisotopic (exact) mass is 305 g/mol. The minimum absolute atomic E-state index is 0.0498. The number of ether oxygens (including phenoxy) is 1. The van der Waals surface area contributed by atoms with Crippen LogP contribution >= 0.6 is 12.2 Å². The molecule has 0 aromatic heterocycles. The van der Waals surface area contributed by atoms with Gasteiger partial charge in [0.25, 0.3) is 0 Å². The lowest BCUT2D eigenvalue weighted by Gasteiger charge is -2.28. The Labute approximate surface area is 124 Å². The molecule has 1 atom stereocenters. The van der Waals surface area contributed by atoms with Crippen LogP contribution in [0.4, 0.5) is 0 Å². The molecule has 7 nitrogen and oxygen atoms in total. The van der Waals surface area contributed by atoms with E-state index in [0.29, 0.717) is 18.3 Å². The summed E-state index contributed by atoms with van der Waals surface area (Å²) in [5.74, 6) is -1.52. The summed E-state index contributed by atoms with van der Waals surface area (Å²) < 4.78 is 4.85. The van der Waals surface area contributed by atoms with Crippen LogP contribution in [-0.2, 0) is 14.3 Å². The Bertz CT molecular complexity index is 350. The molecular weight excluding hydrogens is 282 g/mol. The number of hydrogen-bond acceptors (Lipinski definition) is 4. The highest BCUT2D eigenvalue weighted by Crippen LogP contribution is 2.09. The molecule has 0 aliphatic rings. The zero-order valence-corrected chi connectivity index (χ0v) is 13.1. The summed E-state index contributed by atoms with van der Waals surface area (Å²) in [5.41, 5.74) is 0. The van der Waals surface area contributed by atoms with Crippen molar-refractivity contribution in [2.45, 2.75) is 19.9 Å². The van der Waals surface area contributed by atoms with E-state index >= 15 is 0 Å². The number of carboxylic acids is 1. The fraction of sp³-hybridized carbons (Fsp3) is 0.750. The van der Waals surface area contributed by atoms with Gasteiger partial charge >= 0.3 is 5.97 Å². The second kappa shape index (κ2) is 9.49. The van der Waals surface area contributed by atoms with Gasteiger partial charge in [0, 0.05) is 20.7 Å². The summed E-state index contributed by atoms with van der Waals surface area (Å²) in [7, 11) is 3.05. The molecule has 0 heterocycles. The molecule has 1 amide bonds. The van der Waals surface area contributed by atoms with Crippen molar-refractivity contribution in [2.24, 2.45) is 5.92 Å². The first-order chi connectivity index (χ1) is 9.31. The number of hydrogen-bond donors (Lipinski definition) is 3. The number of carbonyl (C=O) groups is 2. The molecule has 0 saturated carbocycles. The van der Waals surface area contributed by atoms with Crippen LogP contribution < -0.4 is 10.6 Å². The van der Waals surface area contributed by atoms with Crippen LogP contribution in [-0.4, -0.2) is 66.9 Å². The average molecular weight is 305 g/mol. The zero-order valence-electron chi connectivity index (χ0n) is 12.3. The van der Waals surface area contributed by atoms with Gasteiger partial charge in [0.2, 0.25) is 5.91 Å². The number of nitrogens with zero attached hydrogens (tertiary/aromatic N) is 1. The van der Waals surface area contributed by atoms with E-state index in [2.05, 4.69) is 10.6 Å². The Morgan fingerprint density at radius 2 is 1.95 bits per heavy atom.